The molecule has 0 aliphatic carbocycles. The molecule has 0 heterocycles. The molecule has 0 fully saturated rings. The number of hydrogen-bond donors (Lipinski definition) is 0. The molecule has 0 N–H and O–H groups in total. The van der Waals surface area contributed by atoms with E-state index in [0.29, 0.717) is 5.82 Å². The molecule has 0 amide bonds. The Morgan fingerprint density at radius 3 is 2.12 bits per heavy atom. The third-order valence-corrected chi connectivity index (χ3v) is 2.03. The van der Waals surface area contributed by atoms with Crippen LogP contribution in [0.2, 0.25) is 5.82 Å². The van der Waals surface area contributed by atoms with Crippen LogP contribution in [-0.4, -0.2) is 12.7 Å². The van der Waals surface area contributed by atoms with Crippen molar-refractivity contribution in [3.63, 3.8) is 0 Å². The van der Waals surface area contributed by atoms with E-state index in [9.17, 15) is 0 Å². The van der Waals surface area contributed by atoms with Crippen molar-refractivity contribution >= 4 is 31.0 Å². The summed E-state index contributed by atoms with van der Waals surface area (Å²) in [5.74, 6) is 0.448. The third-order valence-electron chi connectivity index (χ3n) is 1.17. The number of halogens is 2. The van der Waals surface area contributed by atoms with Gasteiger partial charge < -0.3 is 0 Å². The normalized spacial score (nSPS) is 14.5. The van der Waals surface area contributed by atoms with Crippen LogP contribution in [0.3, 0.4) is 0 Å². The summed E-state index contributed by atoms with van der Waals surface area (Å²) in [6.07, 6.45) is 2.29. The Morgan fingerprint density at radius 1 is 1.50 bits per heavy atom. The maximum absolute atomic E-state index is 5.57. The van der Waals surface area contributed by atoms with E-state index in [2.05, 4.69) is 14.8 Å². The van der Waals surface area contributed by atoms with Gasteiger partial charge in [-0.25, -0.2) is 0 Å². The van der Waals surface area contributed by atoms with Gasteiger partial charge in [-0.1, -0.05) is 19.8 Å². The van der Waals surface area contributed by atoms with E-state index < -0.39 is 0 Å². The highest BCUT2D eigenvalue weighted by Gasteiger charge is 2.08. The molecule has 0 aliphatic heterocycles. The molecule has 0 saturated carbocycles. The van der Waals surface area contributed by atoms with Crippen LogP contribution < -0.4 is 0 Å². The fourth-order valence-electron chi connectivity index (χ4n) is 0.581. The van der Waals surface area contributed by atoms with E-state index in [-0.39, 0.29) is 4.84 Å². The van der Waals surface area contributed by atoms with Crippen molar-refractivity contribution in [2.75, 3.05) is 0 Å². The molecular weight excluding hydrogens is 142 g/mol. The Labute approximate surface area is 62.0 Å². The van der Waals surface area contributed by atoms with Gasteiger partial charge in [0.2, 0.25) is 0 Å². The highest BCUT2D eigenvalue weighted by molar-refractivity contribution is 6.47. The van der Waals surface area contributed by atoms with Gasteiger partial charge in [0.1, 0.15) is 12.7 Å². The predicted octanol–water partition coefficient (Wildman–Crippen LogP) is 2.01. The van der Waals surface area contributed by atoms with Crippen LogP contribution >= 0.6 is 23.2 Å². The highest BCUT2D eigenvalue weighted by atomic mass is 35.5. The molecule has 0 nitrogen and oxygen atoms in total. The van der Waals surface area contributed by atoms with E-state index in [1.165, 1.54) is 0 Å². The van der Waals surface area contributed by atoms with Gasteiger partial charge in [0.25, 0.3) is 0 Å². The summed E-state index contributed by atoms with van der Waals surface area (Å²) in [4.78, 5) is -0.185. The van der Waals surface area contributed by atoms with Crippen molar-refractivity contribution in [1.82, 2.24) is 0 Å². The van der Waals surface area contributed by atoms with Gasteiger partial charge in [-0.2, -0.15) is 0 Å². The molecule has 0 radical (unpaired) electrons. The first-order valence-electron chi connectivity index (χ1n) is 2.96. The lowest BCUT2D eigenvalue weighted by atomic mass is 9.85. The van der Waals surface area contributed by atoms with Crippen molar-refractivity contribution in [2.45, 2.75) is 30.4 Å². The van der Waals surface area contributed by atoms with Gasteiger partial charge in [-0.3, -0.25) is 0 Å². The third kappa shape index (κ3) is 3.62. The summed E-state index contributed by atoms with van der Waals surface area (Å²) in [5.41, 5.74) is 0. The molecule has 48 valence electrons. The van der Waals surface area contributed by atoms with Crippen LogP contribution in [0.5, 0.6) is 0 Å². The Balaban J connectivity index is 3.17. The molecule has 0 aromatic carbocycles. The zero-order chi connectivity index (χ0) is 6.57. The van der Waals surface area contributed by atoms with Crippen LogP contribution in [0.25, 0.3) is 0 Å². The van der Waals surface area contributed by atoms with Crippen molar-refractivity contribution in [3.8, 4) is 0 Å². The van der Waals surface area contributed by atoms with Crippen molar-refractivity contribution < 1.29 is 0 Å². The van der Waals surface area contributed by atoms with Crippen molar-refractivity contribution in [3.05, 3.63) is 0 Å². The summed E-state index contributed by atoms with van der Waals surface area (Å²) >= 11 is 11.1. The van der Waals surface area contributed by atoms with Gasteiger partial charge in [-0.05, 0) is 5.82 Å². The van der Waals surface area contributed by atoms with Crippen LogP contribution in [-0.2, 0) is 0 Å². The second-order valence-electron chi connectivity index (χ2n) is 2.10. The van der Waals surface area contributed by atoms with E-state index in [1.807, 2.05) is 0 Å². The molecule has 8 heavy (non-hydrogen) atoms. The van der Waals surface area contributed by atoms with Gasteiger partial charge in [0.15, 0.2) is 0 Å². The monoisotopic (exact) mass is 152 g/mol. The molecule has 3 heteroatoms. The molecule has 0 bridgehead atoms. The summed E-state index contributed by atoms with van der Waals surface area (Å²) in [5, 5.41) is 0. The van der Waals surface area contributed by atoms with E-state index >= 15 is 0 Å². The Bertz CT molecular complexity index is 56.4. The minimum Gasteiger partial charge on any atom is -0.106 e. The fraction of sp³-hybridized carbons (Fsp3) is 1.00. The Morgan fingerprint density at radius 2 is 2.00 bits per heavy atom. The molecule has 0 aromatic rings. The maximum atomic E-state index is 5.57. The molecule has 0 spiro atoms. The summed E-state index contributed by atoms with van der Waals surface area (Å²) in [6.45, 7) is 2.13. The molecular formula is C5H11BCl2. The smallest absolute Gasteiger partial charge is 0.106 e. The number of alkyl halides is 2. The lowest BCUT2D eigenvalue weighted by molar-refractivity contribution is 0.754. The van der Waals surface area contributed by atoms with Crippen molar-refractivity contribution in [2.24, 2.45) is 0 Å². The first-order valence-corrected chi connectivity index (χ1v) is 3.84. The van der Waals surface area contributed by atoms with Crippen LogP contribution in [0.1, 0.15) is 19.8 Å². The fourth-order valence-corrected chi connectivity index (χ4v) is 0.833. The Kier molecular flexibility index (Phi) is 4.88. The van der Waals surface area contributed by atoms with Crippen LogP contribution in [0, 0.1) is 0 Å². The molecule has 0 aliphatic rings. The number of hydrogen-bond acceptors (Lipinski definition) is 0. The second-order valence-corrected chi connectivity index (χ2v) is 3.26. The van der Waals surface area contributed by atoms with Crippen LogP contribution in [0.4, 0.5) is 0 Å². The summed E-state index contributed by atoms with van der Waals surface area (Å²) in [6, 6.07) is 0. The van der Waals surface area contributed by atoms with Gasteiger partial charge in [0, 0.05) is 0 Å². The van der Waals surface area contributed by atoms with E-state index in [0.717, 1.165) is 12.8 Å². The first-order chi connectivity index (χ1) is 3.68. The SMILES string of the molecule is BC(CCC)C(Cl)Cl. The summed E-state index contributed by atoms with van der Waals surface area (Å²) in [7, 11) is 2.06. The minimum absolute atomic E-state index is 0.185. The lowest BCUT2D eigenvalue weighted by Crippen LogP contribution is -2.00. The molecule has 1 unspecified atom stereocenters. The molecule has 0 saturated heterocycles. The molecule has 0 aromatic heterocycles. The molecule has 1 atom stereocenters. The minimum atomic E-state index is -0.185. The highest BCUT2D eigenvalue weighted by Crippen LogP contribution is 2.21. The average molecular weight is 153 g/mol. The van der Waals surface area contributed by atoms with Crippen LogP contribution in [0.15, 0.2) is 0 Å². The lowest BCUT2D eigenvalue weighted by Gasteiger charge is -2.08. The Hall–Kier alpha value is 0.645. The quantitative estimate of drug-likeness (QED) is 0.429. The maximum Gasteiger partial charge on any atom is 0.108 e. The van der Waals surface area contributed by atoms with Gasteiger partial charge in [0.05, 0.1) is 0 Å². The first kappa shape index (κ1) is 8.64. The van der Waals surface area contributed by atoms with E-state index in [1.54, 1.807) is 0 Å². The molecule has 0 rings (SSSR count). The zero-order valence-corrected chi connectivity index (χ0v) is 6.84. The van der Waals surface area contributed by atoms with E-state index in [4.69, 9.17) is 23.2 Å². The topological polar surface area (TPSA) is 0 Å². The average Bonchev–Trinajstić information content (AvgIpc) is 1.67. The van der Waals surface area contributed by atoms with Gasteiger partial charge in [-0.15, -0.1) is 23.2 Å². The standard InChI is InChI=1S/C5H11BCl2/c1-2-3-4(6)5(7)8/h4-5H,2-3,6H2,1H3. The summed E-state index contributed by atoms with van der Waals surface area (Å²) < 4.78 is 0. The predicted molar refractivity (Wildman–Crippen MR) is 42.7 cm³/mol. The number of rotatable bonds is 3. The van der Waals surface area contributed by atoms with Crippen molar-refractivity contribution in [1.29, 1.82) is 0 Å². The van der Waals surface area contributed by atoms with Gasteiger partial charge >= 0.3 is 0 Å². The largest absolute Gasteiger partial charge is 0.108 e. The second kappa shape index (κ2) is 4.52. The zero-order valence-electron chi connectivity index (χ0n) is 5.32.